The Kier molecular flexibility index (Phi) is 5.62. The number of pyridine rings is 1. The van der Waals surface area contributed by atoms with Crippen LogP contribution in [0.3, 0.4) is 0 Å². The van der Waals surface area contributed by atoms with E-state index in [1.54, 1.807) is 30.2 Å². The van der Waals surface area contributed by atoms with E-state index in [-0.39, 0.29) is 5.69 Å². The Hall–Kier alpha value is -5.02. The third-order valence-corrected chi connectivity index (χ3v) is 6.47. The van der Waals surface area contributed by atoms with Crippen molar-refractivity contribution in [3.8, 4) is 23.5 Å². The lowest BCUT2D eigenvalue weighted by molar-refractivity contribution is 0.198. The molecule has 0 radical (unpaired) electrons. The first-order valence-corrected chi connectivity index (χ1v) is 12.0. The Morgan fingerprint density at radius 3 is 2.87 bits per heavy atom. The zero-order valence-electron chi connectivity index (χ0n) is 21.0. The van der Waals surface area contributed by atoms with Crippen LogP contribution in [0.2, 0.25) is 0 Å². The number of hydrogen-bond donors (Lipinski definition) is 2. The number of fused-ring (bicyclic) bond motifs is 2. The number of ether oxygens (including phenoxy) is 1. The fourth-order valence-electron chi connectivity index (χ4n) is 4.50. The molecule has 2 N–H and O–H groups in total. The lowest BCUT2D eigenvalue weighted by atomic mass is 10.1. The Morgan fingerprint density at radius 2 is 2.08 bits per heavy atom. The Morgan fingerprint density at radius 1 is 1.21 bits per heavy atom. The maximum absolute atomic E-state index is 10.4. The molecule has 1 unspecified atom stereocenters. The second-order valence-corrected chi connectivity index (χ2v) is 9.07. The van der Waals surface area contributed by atoms with Crippen molar-refractivity contribution in [2.45, 2.75) is 20.0 Å². The van der Waals surface area contributed by atoms with Gasteiger partial charge in [-0.25, -0.2) is 14.6 Å². The summed E-state index contributed by atoms with van der Waals surface area (Å²) < 4.78 is 9.30. The first-order valence-electron chi connectivity index (χ1n) is 12.0. The highest BCUT2D eigenvalue weighted by atomic mass is 16.5. The van der Waals surface area contributed by atoms with Gasteiger partial charge in [-0.05, 0) is 50.2 Å². The number of aryl methyl sites for hydroxylation is 1. The molecule has 5 heterocycles. The minimum absolute atomic E-state index is 0.278. The summed E-state index contributed by atoms with van der Waals surface area (Å²) in [6.07, 6.45) is 2.62. The molecule has 12 nitrogen and oxygen atoms in total. The van der Waals surface area contributed by atoms with Crippen molar-refractivity contribution in [1.82, 2.24) is 34.5 Å². The molecule has 1 aliphatic heterocycles. The monoisotopic (exact) mass is 508 g/mol. The van der Waals surface area contributed by atoms with Crippen LogP contribution in [-0.4, -0.2) is 59.8 Å². The van der Waals surface area contributed by atoms with Gasteiger partial charge in [0.25, 0.3) is 0 Å². The molecule has 1 aromatic carbocycles. The van der Waals surface area contributed by atoms with Gasteiger partial charge in [-0.1, -0.05) is 0 Å². The molecule has 0 bridgehead atoms. The number of nitrogens with zero attached hydrogens (tertiary/aromatic N) is 9. The van der Waals surface area contributed by atoms with E-state index in [1.165, 1.54) is 0 Å². The fraction of sp³-hybridized carbons (Fsp3) is 0.231. The number of aliphatic hydroxyl groups excluding tert-OH is 1. The number of likely N-dealkylation sites (N-methyl/N-ethyl adjacent to an activating group) is 1. The van der Waals surface area contributed by atoms with Gasteiger partial charge in [0.2, 0.25) is 0 Å². The summed E-state index contributed by atoms with van der Waals surface area (Å²) in [7, 11) is 1.99. The van der Waals surface area contributed by atoms with E-state index in [2.05, 4.69) is 36.6 Å². The quantitative estimate of drug-likeness (QED) is 0.363. The van der Waals surface area contributed by atoms with Crippen molar-refractivity contribution in [1.29, 1.82) is 5.26 Å². The van der Waals surface area contributed by atoms with Crippen LogP contribution in [0.5, 0.6) is 5.75 Å². The molecular formula is C26H24N10O2. The van der Waals surface area contributed by atoms with Crippen LogP contribution in [0.25, 0.3) is 22.7 Å². The first kappa shape index (κ1) is 23.4. The predicted octanol–water partition coefficient (Wildman–Crippen LogP) is 3.20. The second kappa shape index (κ2) is 9.13. The highest BCUT2D eigenvalue weighted by molar-refractivity contribution is 5.83. The van der Waals surface area contributed by atoms with Crippen molar-refractivity contribution in [3.05, 3.63) is 65.9 Å². The summed E-state index contributed by atoms with van der Waals surface area (Å²) in [6, 6.07) is 13.2. The number of benzene rings is 1. The van der Waals surface area contributed by atoms with Crippen LogP contribution in [-0.2, 0) is 0 Å². The molecule has 6 rings (SSSR count). The SMILES string of the molecule is Cc1cc(C#N)nn1-c1nc(-n2cnc3cc(Nc4nncc5c4OCCN5C)ccc32)ccc1C(C)O. The van der Waals surface area contributed by atoms with Gasteiger partial charge in [0, 0.05) is 24.0 Å². The van der Waals surface area contributed by atoms with Gasteiger partial charge in [0.15, 0.2) is 23.1 Å². The molecule has 0 fully saturated rings. The number of imidazole rings is 1. The van der Waals surface area contributed by atoms with Crippen molar-refractivity contribution < 1.29 is 9.84 Å². The molecule has 0 saturated heterocycles. The summed E-state index contributed by atoms with van der Waals surface area (Å²) in [5.41, 5.74) is 4.87. The zero-order chi connectivity index (χ0) is 26.4. The van der Waals surface area contributed by atoms with Gasteiger partial charge >= 0.3 is 0 Å². The molecule has 1 atom stereocenters. The smallest absolute Gasteiger partial charge is 0.197 e. The van der Waals surface area contributed by atoms with Crippen molar-refractivity contribution in [2.75, 3.05) is 30.4 Å². The Balaban J connectivity index is 1.37. The highest BCUT2D eigenvalue weighted by Gasteiger charge is 2.21. The van der Waals surface area contributed by atoms with Crippen LogP contribution in [0.4, 0.5) is 17.2 Å². The van der Waals surface area contributed by atoms with Crippen molar-refractivity contribution in [3.63, 3.8) is 0 Å². The predicted molar refractivity (Wildman–Crippen MR) is 140 cm³/mol. The molecule has 0 amide bonds. The topological polar surface area (TPSA) is 143 Å². The molecule has 12 heteroatoms. The summed E-state index contributed by atoms with van der Waals surface area (Å²) >= 11 is 0. The molecule has 0 aliphatic carbocycles. The Labute approximate surface area is 217 Å². The standard InChI is InChI=1S/C26H24N10O2/c1-15-10-18(12-27)33-36(15)26-19(16(2)37)5-7-23(31-26)35-14-28-20-11-17(4-6-21(20)35)30-25-24-22(13-29-32-25)34(3)8-9-38-24/h4-7,10-11,13-14,16,37H,8-9H2,1-3H3,(H,30,32). The number of aliphatic hydroxyl groups is 1. The van der Waals surface area contributed by atoms with Gasteiger partial charge in [-0.2, -0.15) is 15.5 Å². The van der Waals surface area contributed by atoms with Gasteiger partial charge in [0.05, 0.1) is 29.9 Å². The van der Waals surface area contributed by atoms with Crippen LogP contribution >= 0.6 is 0 Å². The number of nitriles is 1. The van der Waals surface area contributed by atoms with Crippen LogP contribution in [0, 0.1) is 18.3 Å². The van der Waals surface area contributed by atoms with Gasteiger partial charge in [-0.3, -0.25) is 4.57 Å². The Bertz CT molecular complexity index is 1720. The van der Waals surface area contributed by atoms with Gasteiger partial charge < -0.3 is 20.1 Å². The van der Waals surface area contributed by atoms with E-state index >= 15 is 0 Å². The maximum Gasteiger partial charge on any atom is 0.197 e. The third-order valence-electron chi connectivity index (χ3n) is 6.47. The third kappa shape index (κ3) is 3.95. The van der Waals surface area contributed by atoms with Gasteiger partial charge in [-0.15, -0.1) is 5.10 Å². The summed E-state index contributed by atoms with van der Waals surface area (Å²) in [6.45, 7) is 4.87. The fourth-order valence-corrected chi connectivity index (χ4v) is 4.50. The number of rotatable bonds is 5. The summed E-state index contributed by atoms with van der Waals surface area (Å²) in [4.78, 5) is 11.5. The zero-order valence-corrected chi connectivity index (χ0v) is 21.0. The highest BCUT2D eigenvalue weighted by Crippen LogP contribution is 2.37. The largest absolute Gasteiger partial charge is 0.486 e. The van der Waals surface area contributed by atoms with Crippen LogP contribution in [0.1, 0.15) is 30.0 Å². The lowest BCUT2D eigenvalue weighted by Crippen LogP contribution is -2.29. The molecule has 190 valence electrons. The molecule has 4 aromatic heterocycles. The van der Waals surface area contributed by atoms with E-state index in [0.29, 0.717) is 35.4 Å². The number of anilines is 3. The molecular weight excluding hydrogens is 484 g/mol. The van der Waals surface area contributed by atoms with Crippen LogP contribution < -0.4 is 15.0 Å². The van der Waals surface area contributed by atoms with Crippen LogP contribution in [0.15, 0.2) is 48.9 Å². The van der Waals surface area contributed by atoms with E-state index < -0.39 is 6.10 Å². The summed E-state index contributed by atoms with van der Waals surface area (Å²) in [5.74, 6) is 2.26. The average Bonchev–Trinajstić information content (AvgIpc) is 3.51. The molecule has 38 heavy (non-hydrogen) atoms. The first-order chi connectivity index (χ1) is 18.4. The average molecular weight is 509 g/mol. The maximum atomic E-state index is 10.4. The number of aromatic nitrogens is 7. The minimum atomic E-state index is -0.774. The van der Waals surface area contributed by atoms with E-state index in [4.69, 9.17) is 9.72 Å². The molecule has 0 saturated carbocycles. The molecule has 0 spiro atoms. The normalized spacial score (nSPS) is 13.6. The van der Waals surface area contributed by atoms with Crippen molar-refractivity contribution in [2.24, 2.45) is 0 Å². The lowest BCUT2D eigenvalue weighted by Gasteiger charge is -2.27. The van der Waals surface area contributed by atoms with E-state index in [9.17, 15) is 10.4 Å². The number of nitrogens with one attached hydrogen (secondary N) is 1. The van der Waals surface area contributed by atoms with Gasteiger partial charge in [0.1, 0.15) is 30.5 Å². The van der Waals surface area contributed by atoms with E-state index in [1.807, 2.05) is 48.9 Å². The van der Waals surface area contributed by atoms with Crippen molar-refractivity contribution >= 4 is 28.2 Å². The molecule has 1 aliphatic rings. The number of hydrogen-bond acceptors (Lipinski definition) is 10. The minimum Gasteiger partial charge on any atom is -0.486 e. The summed E-state index contributed by atoms with van der Waals surface area (Å²) in [5, 5.41) is 35.6. The molecule has 5 aromatic rings. The van der Waals surface area contributed by atoms with E-state index in [0.717, 1.165) is 34.6 Å². The second-order valence-electron chi connectivity index (χ2n) is 9.07.